The molecule has 1 N–H and O–H groups in total. The maximum absolute atomic E-state index is 12.1. The lowest BCUT2D eigenvalue weighted by Crippen LogP contribution is -2.33. The van der Waals surface area contributed by atoms with Crippen LogP contribution in [0.2, 0.25) is 0 Å². The Bertz CT molecular complexity index is 650. The Hall–Kier alpha value is -1.85. The van der Waals surface area contributed by atoms with Crippen molar-refractivity contribution >= 4 is 5.97 Å². The second-order valence-corrected chi connectivity index (χ2v) is 6.30. The van der Waals surface area contributed by atoms with Crippen LogP contribution < -0.4 is 11.2 Å². The predicted molar refractivity (Wildman–Crippen MR) is 78.0 cm³/mol. The van der Waals surface area contributed by atoms with Gasteiger partial charge in [0, 0.05) is 12.2 Å². The zero-order valence-corrected chi connectivity index (χ0v) is 12.9. The average Bonchev–Trinajstić information content (AvgIpc) is 3.18. The van der Waals surface area contributed by atoms with Crippen LogP contribution in [0.15, 0.2) is 15.8 Å². The molecule has 1 aliphatic carbocycles. The Kier molecular flexibility index (Phi) is 4.07. The highest BCUT2D eigenvalue weighted by atomic mass is 16.5. The van der Waals surface area contributed by atoms with Crippen molar-refractivity contribution in [2.75, 3.05) is 0 Å². The topological polar surface area (TPSA) is 81.2 Å². The van der Waals surface area contributed by atoms with Crippen LogP contribution in [0, 0.1) is 11.3 Å². The average molecular weight is 294 g/mol. The van der Waals surface area contributed by atoms with Crippen LogP contribution in [-0.2, 0) is 16.1 Å². The monoisotopic (exact) mass is 294 g/mol. The molecule has 1 aromatic heterocycles. The van der Waals surface area contributed by atoms with Crippen molar-refractivity contribution in [3.8, 4) is 0 Å². The molecule has 1 aliphatic rings. The van der Waals surface area contributed by atoms with Crippen LogP contribution in [0.5, 0.6) is 0 Å². The van der Waals surface area contributed by atoms with Gasteiger partial charge < -0.3 is 4.74 Å². The molecule has 1 saturated carbocycles. The normalized spacial score (nSPS) is 16.3. The van der Waals surface area contributed by atoms with Crippen LogP contribution in [-0.4, -0.2) is 15.5 Å². The molecule has 0 unspecified atom stereocenters. The largest absolute Gasteiger partial charge is 0.460 e. The molecule has 0 spiro atoms. The SMILES string of the molecule is CC(C)n1cc(COC(=O)C2(C(C)C)CC2)c(=O)[nH]c1=O. The van der Waals surface area contributed by atoms with Gasteiger partial charge in [0.1, 0.15) is 6.61 Å². The van der Waals surface area contributed by atoms with Crippen LogP contribution in [0.4, 0.5) is 0 Å². The van der Waals surface area contributed by atoms with Gasteiger partial charge in [-0.1, -0.05) is 13.8 Å². The van der Waals surface area contributed by atoms with Gasteiger partial charge in [0.25, 0.3) is 5.56 Å². The van der Waals surface area contributed by atoms with Crippen molar-refractivity contribution in [2.24, 2.45) is 11.3 Å². The third-order valence-electron chi connectivity index (χ3n) is 4.26. The smallest absolute Gasteiger partial charge is 0.328 e. The van der Waals surface area contributed by atoms with Gasteiger partial charge in [0.15, 0.2) is 0 Å². The number of carbonyl (C=O) groups excluding carboxylic acids is 1. The van der Waals surface area contributed by atoms with Gasteiger partial charge in [-0.25, -0.2) is 4.79 Å². The molecular weight excluding hydrogens is 272 g/mol. The number of hydrogen-bond donors (Lipinski definition) is 1. The number of rotatable bonds is 5. The van der Waals surface area contributed by atoms with E-state index in [9.17, 15) is 14.4 Å². The maximum Gasteiger partial charge on any atom is 0.328 e. The van der Waals surface area contributed by atoms with Gasteiger partial charge in [-0.05, 0) is 32.6 Å². The Morgan fingerprint density at radius 3 is 2.43 bits per heavy atom. The van der Waals surface area contributed by atoms with Crippen molar-refractivity contribution in [1.82, 2.24) is 9.55 Å². The number of carbonyl (C=O) groups is 1. The highest BCUT2D eigenvalue weighted by Gasteiger charge is 2.53. The molecule has 0 atom stereocenters. The summed E-state index contributed by atoms with van der Waals surface area (Å²) in [6.07, 6.45) is 3.14. The Labute approximate surface area is 123 Å². The summed E-state index contributed by atoms with van der Waals surface area (Å²) in [5.41, 5.74) is -1.04. The fraction of sp³-hybridized carbons (Fsp3) is 0.667. The summed E-state index contributed by atoms with van der Waals surface area (Å²) in [5, 5.41) is 0. The molecule has 0 aromatic carbocycles. The summed E-state index contributed by atoms with van der Waals surface area (Å²) in [5.74, 6) is -0.0212. The predicted octanol–water partition coefficient (Wildman–Crippen LogP) is 1.60. The molecular formula is C15H22N2O4. The minimum atomic E-state index is -0.501. The first-order valence-corrected chi connectivity index (χ1v) is 7.29. The molecule has 6 heteroatoms. The molecule has 0 aliphatic heterocycles. The number of nitrogens with one attached hydrogen (secondary N) is 1. The summed E-state index contributed by atoms with van der Waals surface area (Å²) in [6, 6.07) is -0.0748. The van der Waals surface area contributed by atoms with E-state index in [2.05, 4.69) is 4.98 Å². The molecule has 1 heterocycles. The van der Waals surface area contributed by atoms with Gasteiger partial charge in [0.05, 0.1) is 11.0 Å². The first-order valence-electron chi connectivity index (χ1n) is 7.29. The molecule has 0 saturated heterocycles. The van der Waals surface area contributed by atoms with E-state index in [1.807, 2.05) is 27.7 Å². The summed E-state index contributed by atoms with van der Waals surface area (Å²) < 4.78 is 6.71. The quantitative estimate of drug-likeness (QED) is 0.836. The molecule has 21 heavy (non-hydrogen) atoms. The summed E-state index contributed by atoms with van der Waals surface area (Å²) in [6.45, 7) is 7.58. The number of ether oxygens (including phenoxy) is 1. The Morgan fingerprint density at radius 2 is 1.95 bits per heavy atom. The molecule has 0 amide bonds. The van der Waals surface area contributed by atoms with Gasteiger partial charge in [-0.2, -0.15) is 0 Å². The van der Waals surface area contributed by atoms with E-state index < -0.39 is 11.2 Å². The van der Waals surface area contributed by atoms with E-state index in [0.29, 0.717) is 0 Å². The van der Waals surface area contributed by atoms with Crippen molar-refractivity contribution in [1.29, 1.82) is 0 Å². The maximum atomic E-state index is 12.1. The lowest BCUT2D eigenvalue weighted by atomic mass is 9.93. The van der Waals surface area contributed by atoms with E-state index in [0.717, 1.165) is 12.8 Å². The van der Waals surface area contributed by atoms with E-state index in [1.54, 1.807) is 0 Å². The Morgan fingerprint density at radius 1 is 1.33 bits per heavy atom. The van der Waals surface area contributed by atoms with Crippen molar-refractivity contribution in [3.63, 3.8) is 0 Å². The van der Waals surface area contributed by atoms with Crippen LogP contribution >= 0.6 is 0 Å². The summed E-state index contributed by atoms with van der Waals surface area (Å²) >= 11 is 0. The molecule has 2 rings (SSSR count). The van der Waals surface area contributed by atoms with Crippen LogP contribution in [0.25, 0.3) is 0 Å². The fourth-order valence-corrected chi connectivity index (χ4v) is 2.45. The Balaban J connectivity index is 2.14. The zero-order valence-electron chi connectivity index (χ0n) is 12.9. The lowest BCUT2D eigenvalue weighted by molar-refractivity contribution is -0.153. The van der Waals surface area contributed by atoms with Crippen molar-refractivity contribution < 1.29 is 9.53 Å². The summed E-state index contributed by atoms with van der Waals surface area (Å²) in [4.78, 5) is 37.8. The molecule has 6 nitrogen and oxygen atoms in total. The van der Waals surface area contributed by atoms with Crippen LogP contribution in [0.3, 0.4) is 0 Å². The van der Waals surface area contributed by atoms with E-state index in [-0.39, 0.29) is 35.5 Å². The summed E-state index contributed by atoms with van der Waals surface area (Å²) in [7, 11) is 0. The first-order chi connectivity index (χ1) is 9.78. The highest BCUT2D eigenvalue weighted by molar-refractivity contribution is 5.80. The standard InChI is InChI=1S/C15H22N2O4/c1-9(2)15(5-6-15)13(19)21-8-11-7-17(10(3)4)14(20)16-12(11)18/h7,9-10H,5-6,8H2,1-4H3,(H,16,18,20). The second kappa shape index (κ2) is 5.50. The number of hydrogen-bond acceptors (Lipinski definition) is 4. The lowest BCUT2D eigenvalue weighted by Gasteiger charge is -2.18. The minimum absolute atomic E-state index is 0.0748. The number of esters is 1. The van der Waals surface area contributed by atoms with Gasteiger partial charge in [-0.3, -0.25) is 19.1 Å². The highest BCUT2D eigenvalue weighted by Crippen LogP contribution is 2.52. The number of aromatic nitrogens is 2. The van der Waals surface area contributed by atoms with Crippen molar-refractivity contribution in [2.45, 2.75) is 53.2 Å². The van der Waals surface area contributed by atoms with E-state index in [1.165, 1.54) is 10.8 Å². The molecule has 116 valence electrons. The second-order valence-electron chi connectivity index (χ2n) is 6.30. The molecule has 1 fully saturated rings. The number of nitrogens with zero attached hydrogens (tertiary/aromatic N) is 1. The zero-order chi connectivity index (χ0) is 15.8. The molecule has 0 bridgehead atoms. The first kappa shape index (κ1) is 15.5. The molecule has 1 aromatic rings. The van der Waals surface area contributed by atoms with E-state index in [4.69, 9.17) is 4.74 Å². The fourth-order valence-electron chi connectivity index (χ4n) is 2.45. The van der Waals surface area contributed by atoms with Gasteiger partial charge >= 0.3 is 11.7 Å². The van der Waals surface area contributed by atoms with E-state index >= 15 is 0 Å². The molecule has 0 radical (unpaired) electrons. The number of H-pyrrole nitrogens is 1. The van der Waals surface area contributed by atoms with Gasteiger partial charge in [-0.15, -0.1) is 0 Å². The third kappa shape index (κ3) is 2.94. The van der Waals surface area contributed by atoms with Crippen molar-refractivity contribution in [3.05, 3.63) is 32.6 Å². The minimum Gasteiger partial charge on any atom is -0.460 e. The third-order valence-corrected chi connectivity index (χ3v) is 4.26. The van der Waals surface area contributed by atoms with Crippen LogP contribution in [0.1, 0.15) is 52.1 Å². The van der Waals surface area contributed by atoms with Gasteiger partial charge in [0.2, 0.25) is 0 Å². The number of aromatic amines is 1.